The summed E-state index contributed by atoms with van der Waals surface area (Å²) < 4.78 is 10.5. The Kier molecular flexibility index (Phi) is 4.34. The van der Waals surface area contributed by atoms with Crippen LogP contribution in [0.4, 0.5) is 5.69 Å². The van der Waals surface area contributed by atoms with Crippen molar-refractivity contribution >= 4 is 23.2 Å². The standard InChI is InChI=1S/C16H15ClN2O3/c17-13-4-2-1-3-11(13)8-19-16(20)9-18-12-5-6-14-15(7-12)22-10-21-14/h1-7,18H,8-10H2,(H,19,20). The smallest absolute Gasteiger partial charge is 0.239 e. The number of fused-ring (bicyclic) bond motifs is 1. The molecule has 22 heavy (non-hydrogen) atoms. The van der Waals surface area contributed by atoms with Gasteiger partial charge in [0, 0.05) is 23.3 Å². The van der Waals surface area contributed by atoms with Crippen molar-refractivity contribution in [3.8, 4) is 11.5 Å². The van der Waals surface area contributed by atoms with Crippen molar-refractivity contribution in [3.63, 3.8) is 0 Å². The number of halogens is 1. The van der Waals surface area contributed by atoms with Crippen molar-refractivity contribution in [1.82, 2.24) is 5.32 Å². The predicted octanol–water partition coefficient (Wildman–Crippen LogP) is 2.80. The van der Waals surface area contributed by atoms with E-state index in [2.05, 4.69) is 10.6 Å². The lowest BCUT2D eigenvalue weighted by molar-refractivity contribution is -0.119. The molecule has 5 nitrogen and oxygen atoms in total. The third-order valence-corrected chi connectivity index (χ3v) is 3.63. The summed E-state index contributed by atoms with van der Waals surface area (Å²) in [5, 5.41) is 6.51. The van der Waals surface area contributed by atoms with Crippen LogP contribution in [0.15, 0.2) is 42.5 Å². The van der Waals surface area contributed by atoms with Gasteiger partial charge in [-0.2, -0.15) is 0 Å². The summed E-state index contributed by atoms with van der Waals surface area (Å²) in [5.74, 6) is 1.28. The first-order chi connectivity index (χ1) is 10.7. The molecule has 1 heterocycles. The molecule has 0 fully saturated rings. The summed E-state index contributed by atoms with van der Waals surface area (Å²) in [7, 11) is 0. The number of anilines is 1. The summed E-state index contributed by atoms with van der Waals surface area (Å²) in [6, 6.07) is 12.9. The Labute approximate surface area is 133 Å². The fourth-order valence-electron chi connectivity index (χ4n) is 2.09. The molecular formula is C16H15ClN2O3. The van der Waals surface area contributed by atoms with Crippen molar-refractivity contribution in [2.75, 3.05) is 18.7 Å². The fourth-order valence-corrected chi connectivity index (χ4v) is 2.29. The average molecular weight is 319 g/mol. The second-order valence-electron chi connectivity index (χ2n) is 4.79. The van der Waals surface area contributed by atoms with Crippen molar-refractivity contribution in [1.29, 1.82) is 0 Å². The minimum atomic E-state index is -0.113. The predicted molar refractivity (Wildman–Crippen MR) is 84.4 cm³/mol. The summed E-state index contributed by atoms with van der Waals surface area (Å²) >= 11 is 6.04. The van der Waals surface area contributed by atoms with Crippen molar-refractivity contribution in [2.24, 2.45) is 0 Å². The molecule has 0 saturated carbocycles. The third-order valence-electron chi connectivity index (χ3n) is 3.26. The normalized spacial score (nSPS) is 12.0. The van der Waals surface area contributed by atoms with Crippen LogP contribution in [0.2, 0.25) is 5.02 Å². The number of ether oxygens (including phenoxy) is 2. The van der Waals surface area contributed by atoms with Crippen LogP contribution in [-0.4, -0.2) is 19.2 Å². The number of nitrogens with one attached hydrogen (secondary N) is 2. The second kappa shape index (κ2) is 6.58. The van der Waals surface area contributed by atoms with Crippen molar-refractivity contribution < 1.29 is 14.3 Å². The van der Waals surface area contributed by atoms with E-state index in [0.29, 0.717) is 23.1 Å². The largest absolute Gasteiger partial charge is 0.454 e. The van der Waals surface area contributed by atoms with Crippen molar-refractivity contribution in [2.45, 2.75) is 6.54 Å². The molecule has 0 saturated heterocycles. The summed E-state index contributed by atoms with van der Waals surface area (Å²) in [6.45, 7) is 0.808. The summed E-state index contributed by atoms with van der Waals surface area (Å²) in [4.78, 5) is 11.9. The van der Waals surface area contributed by atoms with E-state index in [0.717, 1.165) is 11.3 Å². The molecule has 0 aromatic heterocycles. The van der Waals surface area contributed by atoms with Gasteiger partial charge in [-0.3, -0.25) is 4.79 Å². The minimum Gasteiger partial charge on any atom is -0.454 e. The van der Waals surface area contributed by atoms with E-state index < -0.39 is 0 Å². The first-order valence-corrected chi connectivity index (χ1v) is 7.24. The Morgan fingerprint density at radius 3 is 2.82 bits per heavy atom. The molecule has 0 bridgehead atoms. The number of carbonyl (C=O) groups excluding carboxylic acids is 1. The van der Waals surface area contributed by atoms with Gasteiger partial charge < -0.3 is 20.1 Å². The number of hydrogen-bond donors (Lipinski definition) is 2. The lowest BCUT2D eigenvalue weighted by atomic mass is 10.2. The van der Waals surface area contributed by atoms with Gasteiger partial charge in [0.05, 0.1) is 6.54 Å². The van der Waals surface area contributed by atoms with Crippen LogP contribution in [0, 0.1) is 0 Å². The molecule has 0 atom stereocenters. The molecule has 3 rings (SSSR count). The number of benzene rings is 2. The summed E-state index contributed by atoms with van der Waals surface area (Å²) in [5.41, 5.74) is 1.69. The maximum atomic E-state index is 11.9. The first kappa shape index (κ1) is 14.5. The van der Waals surface area contributed by atoms with Gasteiger partial charge in [-0.15, -0.1) is 0 Å². The highest BCUT2D eigenvalue weighted by molar-refractivity contribution is 6.31. The van der Waals surface area contributed by atoms with Crippen LogP contribution < -0.4 is 20.1 Å². The van der Waals surface area contributed by atoms with E-state index in [-0.39, 0.29) is 19.2 Å². The van der Waals surface area contributed by atoms with E-state index in [4.69, 9.17) is 21.1 Å². The maximum absolute atomic E-state index is 11.9. The summed E-state index contributed by atoms with van der Waals surface area (Å²) in [6.07, 6.45) is 0. The maximum Gasteiger partial charge on any atom is 0.239 e. The number of hydrogen-bond acceptors (Lipinski definition) is 4. The molecule has 1 aliphatic rings. The minimum absolute atomic E-state index is 0.113. The average Bonchev–Trinajstić information content (AvgIpc) is 2.99. The van der Waals surface area contributed by atoms with E-state index >= 15 is 0 Å². The van der Waals surface area contributed by atoms with Gasteiger partial charge in [-0.1, -0.05) is 29.8 Å². The quantitative estimate of drug-likeness (QED) is 0.890. The lowest BCUT2D eigenvalue weighted by Crippen LogP contribution is -2.29. The van der Waals surface area contributed by atoms with Crippen LogP contribution >= 0.6 is 11.6 Å². The monoisotopic (exact) mass is 318 g/mol. The van der Waals surface area contributed by atoms with E-state index in [9.17, 15) is 4.79 Å². The van der Waals surface area contributed by atoms with Gasteiger partial charge >= 0.3 is 0 Å². The highest BCUT2D eigenvalue weighted by atomic mass is 35.5. The van der Waals surface area contributed by atoms with Gasteiger partial charge in [0.1, 0.15) is 0 Å². The molecule has 0 unspecified atom stereocenters. The Morgan fingerprint density at radius 2 is 1.95 bits per heavy atom. The highest BCUT2D eigenvalue weighted by Gasteiger charge is 2.13. The Bertz CT molecular complexity index is 691. The second-order valence-corrected chi connectivity index (χ2v) is 5.20. The molecule has 0 radical (unpaired) electrons. The van der Waals surface area contributed by atoms with Crippen LogP contribution in [0.3, 0.4) is 0 Å². The third kappa shape index (κ3) is 3.43. The molecule has 2 N–H and O–H groups in total. The number of carbonyl (C=O) groups is 1. The Balaban J connectivity index is 1.49. The highest BCUT2D eigenvalue weighted by Crippen LogP contribution is 2.34. The van der Waals surface area contributed by atoms with Gasteiger partial charge in [0.15, 0.2) is 11.5 Å². The zero-order chi connectivity index (χ0) is 15.4. The fraction of sp³-hybridized carbons (Fsp3) is 0.188. The molecule has 114 valence electrons. The molecule has 1 amide bonds. The molecule has 2 aromatic carbocycles. The number of amides is 1. The first-order valence-electron chi connectivity index (χ1n) is 6.86. The lowest BCUT2D eigenvalue weighted by Gasteiger charge is -2.09. The topological polar surface area (TPSA) is 59.6 Å². The van der Waals surface area contributed by atoms with E-state index in [1.165, 1.54) is 0 Å². The molecule has 1 aliphatic heterocycles. The Hall–Kier alpha value is -2.40. The van der Waals surface area contributed by atoms with Gasteiger partial charge in [-0.25, -0.2) is 0 Å². The zero-order valence-corrected chi connectivity index (χ0v) is 12.5. The van der Waals surface area contributed by atoms with Crippen LogP contribution in [0.5, 0.6) is 11.5 Å². The van der Waals surface area contributed by atoms with Crippen LogP contribution in [-0.2, 0) is 11.3 Å². The van der Waals surface area contributed by atoms with E-state index in [1.807, 2.05) is 36.4 Å². The molecular weight excluding hydrogens is 304 g/mol. The zero-order valence-electron chi connectivity index (χ0n) is 11.8. The van der Waals surface area contributed by atoms with Crippen LogP contribution in [0.25, 0.3) is 0 Å². The number of rotatable bonds is 5. The SMILES string of the molecule is O=C(CNc1ccc2c(c1)OCO2)NCc1ccccc1Cl. The molecule has 0 aliphatic carbocycles. The van der Waals surface area contributed by atoms with E-state index in [1.54, 1.807) is 6.07 Å². The Morgan fingerprint density at radius 1 is 1.14 bits per heavy atom. The van der Waals surface area contributed by atoms with Gasteiger partial charge in [0.25, 0.3) is 0 Å². The van der Waals surface area contributed by atoms with Gasteiger partial charge in [-0.05, 0) is 23.8 Å². The molecule has 0 spiro atoms. The van der Waals surface area contributed by atoms with Gasteiger partial charge in [0.2, 0.25) is 12.7 Å². The molecule has 2 aromatic rings. The molecule has 6 heteroatoms. The van der Waals surface area contributed by atoms with Crippen molar-refractivity contribution in [3.05, 3.63) is 53.1 Å². The van der Waals surface area contributed by atoms with Crippen LogP contribution in [0.1, 0.15) is 5.56 Å².